The van der Waals surface area contributed by atoms with Gasteiger partial charge in [-0.2, -0.15) is 0 Å². The number of hydrogen-bond donors (Lipinski definition) is 0. The lowest BCUT2D eigenvalue weighted by Crippen LogP contribution is -2.39. The predicted octanol–water partition coefficient (Wildman–Crippen LogP) is 3.72. The van der Waals surface area contributed by atoms with Crippen molar-refractivity contribution in [2.45, 2.75) is 37.5 Å². The van der Waals surface area contributed by atoms with Crippen molar-refractivity contribution in [2.24, 2.45) is 0 Å². The highest BCUT2D eigenvalue weighted by Crippen LogP contribution is 2.41. The number of esters is 1. The molecule has 110 valence electrons. The molecule has 0 amide bonds. The second-order valence-electron chi connectivity index (χ2n) is 5.53. The van der Waals surface area contributed by atoms with Crippen molar-refractivity contribution in [2.75, 3.05) is 7.11 Å². The Hall–Kier alpha value is -2.10. The SMILES string of the molecule is COC(=O)C1(c2ncc(-c3ccccc3)o2)CCCCC1. The van der Waals surface area contributed by atoms with Gasteiger partial charge >= 0.3 is 5.97 Å². The lowest BCUT2D eigenvalue weighted by molar-refractivity contribution is -0.150. The smallest absolute Gasteiger partial charge is 0.321 e. The summed E-state index contributed by atoms with van der Waals surface area (Å²) in [4.78, 5) is 16.7. The van der Waals surface area contributed by atoms with Gasteiger partial charge in [0.05, 0.1) is 13.3 Å². The average molecular weight is 285 g/mol. The van der Waals surface area contributed by atoms with Gasteiger partial charge in [0.15, 0.2) is 5.76 Å². The number of hydrogen-bond acceptors (Lipinski definition) is 4. The molecule has 1 aromatic carbocycles. The Balaban J connectivity index is 1.98. The third-order valence-corrected chi connectivity index (χ3v) is 4.26. The van der Waals surface area contributed by atoms with Gasteiger partial charge in [-0.1, -0.05) is 49.6 Å². The largest absolute Gasteiger partial charge is 0.468 e. The highest BCUT2D eigenvalue weighted by atomic mass is 16.5. The molecule has 0 unspecified atom stereocenters. The molecule has 0 spiro atoms. The van der Waals surface area contributed by atoms with Crippen LogP contribution in [0.5, 0.6) is 0 Å². The molecular formula is C17H19NO3. The highest BCUT2D eigenvalue weighted by molar-refractivity contribution is 5.82. The molecule has 0 radical (unpaired) electrons. The Kier molecular flexibility index (Phi) is 3.78. The second kappa shape index (κ2) is 5.72. The van der Waals surface area contributed by atoms with E-state index >= 15 is 0 Å². The minimum Gasteiger partial charge on any atom is -0.468 e. The van der Waals surface area contributed by atoms with Crippen LogP contribution in [0.1, 0.15) is 38.0 Å². The number of rotatable bonds is 3. The van der Waals surface area contributed by atoms with E-state index in [-0.39, 0.29) is 5.97 Å². The molecule has 4 nitrogen and oxygen atoms in total. The van der Waals surface area contributed by atoms with Crippen LogP contribution in [0.4, 0.5) is 0 Å². The maximum atomic E-state index is 12.3. The molecule has 0 aliphatic heterocycles. The van der Waals surface area contributed by atoms with Gasteiger partial charge in [-0.05, 0) is 12.8 Å². The van der Waals surface area contributed by atoms with Crippen LogP contribution in [-0.4, -0.2) is 18.1 Å². The molecule has 0 atom stereocenters. The minimum absolute atomic E-state index is 0.233. The lowest BCUT2D eigenvalue weighted by Gasteiger charge is -2.31. The molecule has 1 aromatic heterocycles. The minimum atomic E-state index is -0.708. The summed E-state index contributed by atoms with van der Waals surface area (Å²) >= 11 is 0. The van der Waals surface area contributed by atoms with Gasteiger partial charge in [0.1, 0.15) is 5.41 Å². The number of nitrogens with zero attached hydrogens (tertiary/aromatic N) is 1. The van der Waals surface area contributed by atoms with Crippen LogP contribution in [0.3, 0.4) is 0 Å². The third-order valence-electron chi connectivity index (χ3n) is 4.26. The van der Waals surface area contributed by atoms with E-state index in [2.05, 4.69) is 4.98 Å². The van der Waals surface area contributed by atoms with Crippen LogP contribution in [0, 0.1) is 0 Å². The van der Waals surface area contributed by atoms with E-state index in [0.717, 1.165) is 37.7 Å². The van der Waals surface area contributed by atoms with Crippen molar-refractivity contribution in [3.05, 3.63) is 42.4 Å². The Morgan fingerprint density at radius 1 is 1.19 bits per heavy atom. The van der Waals surface area contributed by atoms with Crippen molar-refractivity contribution in [1.82, 2.24) is 4.98 Å². The maximum absolute atomic E-state index is 12.3. The van der Waals surface area contributed by atoms with E-state index in [1.807, 2.05) is 30.3 Å². The normalized spacial score (nSPS) is 17.4. The molecule has 2 aromatic rings. The zero-order valence-electron chi connectivity index (χ0n) is 12.2. The van der Waals surface area contributed by atoms with Crippen LogP contribution in [0.2, 0.25) is 0 Å². The van der Waals surface area contributed by atoms with Gasteiger partial charge in [-0.15, -0.1) is 0 Å². The molecule has 1 saturated carbocycles. The van der Waals surface area contributed by atoms with Crippen molar-refractivity contribution in [3.63, 3.8) is 0 Å². The van der Waals surface area contributed by atoms with Gasteiger partial charge in [0.25, 0.3) is 0 Å². The molecule has 0 saturated heterocycles. The van der Waals surface area contributed by atoms with Gasteiger partial charge in [-0.3, -0.25) is 4.79 Å². The Labute approximate surface area is 124 Å². The summed E-state index contributed by atoms with van der Waals surface area (Å²) in [6.07, 6.45) is 6.33. The number of aromatic nitrogens is 1. The number of methoxy groups -OCH3 is 1. The molecule has 1 heterocycles. The number of ether oxygens (including phenoxy) is 1. The lowest BCUT2D eigenvalue weighted by atomic mass is 9.74. The number of carbonyl (C=O) groups is 1. The number of carbonyl (C=O) groups excluding carboxylic acids is 1. The molecule has 4 heteroatoms. The van der Waals surface area contributed by atoms with Crippen molar-refractivity contribution >= 4 is 5.97 Å². The first kappa shape index (κ1) is 13.9. The van der Waals surface area contributed by atoms with Crippen LogP contribution in [-0.2, 0) is 14.9 Å². The van der Waals surface area contributed by atoms with Crippen molar-refractivity contribution < 1.29 is 13.9 Å². The standard InChI is InChI=1S/C17H19NO3/c1-20-16(19)17(10-6-3-7-11-17)15-18-12-14(21-15)13-8-4-2-5-9-13/h2,4-5,8-9,12H,3,6-7,10-11H2,1H3. The van der Waals surface area contributed by atoms with Crippen molar-refractivity contribution in [1.29, 1.82) is 0 Å². The number of benzene rings is 1. The maximum Gasteiger partial charge on any atom is 0.321 e. The predicted molar refractivity (Wildman–Crippen MR) is 78.7 cm³/mol. The van der Waals surface area contributed by atoms with Gasteiger partial charge in [0, 0.05) is 5.56 Å². The van der Waals surface area contributed by atoms with E-state index in [1.165, 1.54) is 7.11 Å². The van der Waals surface area contributed by atoms with E-state index < -0.39 is 5.41 Å². The summed E-state index contributed by atoms with van der Waals surface area (Å²) in [7, 11) is 1.43. The first-order valence-electron chi connectivity index (χ1n) is 7.36. The van der Waals surface area contributed by atoms with Gasteiger partial charge < -0.3 is 9.15 Å². The van der Waals surface area contributed by atoms with E-state index in [9.17, 15) is 4.79 Å². The summed E-state index contributed by atoms with van der Waals surface area (Å²) in [5.41, 5.74) is 0.257. The van der Waals surface area contributed by atoms with Gasteiger partial charge in [-0.25, -0.2) is 4.98 Å². The molecule has 0 N–H and O–H groups in total. The summed E-state index contributed by atoms with van der Waals surface area (Å²) in [5.74, 6) is 0.955. The van der Waals surface area contributed by atoms with E-state index in [0.29, 0.717) is 11.7 Å². The number of oxazole rings is 1. The van der Waals surface area contributed by atoms with Gasteiger partial charge in [0.2, 0.25) is 5.89 Å². The monoisotopic (exact) mass is 285 g/mol. The molecular weight excluding hydrogens is 266 g/mol. The molecule has 21 heavy (non-hydrogen) atoms. The van der Waals surface area contributed by atoms with E-state index in [1.54, 1.807) is 6.20 Å². The molecule has 1 fully saturated rings. The fraction of sp³-hybridized carbons (Fsp3) is 0.412. The zero-order valence-corrected chi connectivity index (χ0v) is 12.2. The molecule has 0 bridgehead atoms. The average Bonchev–Trinajstić information content (AvgIpc) is 3.06. The highest BCUT2D eigenvalue weighted by Gasteiger charge is 2.46. The topological polar surface area (TPSA) is 52.3 Å². The fourth-order valence-corrected chi connectivity index (χ4v) is 3.09. The van der Waals surface area contributed by atoms with Crippen LogP contribution >= 0.6 is 0 Å². The summed E-state index contributed by atoms with van der Waals surface area (Å²) in [5, 5.41) is 0. The molecule has 1 aliphatic carbocycles. The first-order valence-corrected chi connectivity index (χ1v) is 7.36. The van der Waals surface area contributed by atoms with E-state index in [4.69, 9.17) is 9.15 Å². The fourth-order valence-electron chi connectivity index (χ4n) is 3.09. The molecule has 3 rings (SSSR count). The quantitative estimate of drug-likeness (QED) is 0.807. The van der Waals surface area contributed by atoms with Crippen LogP contribution in [0.25, 0.3) is 11.3 Å². The Morgan fingerprint density at radius 2 is 1.90 bits per heavy atom. The van der Waals surface area contributed by atoms with Crippen LogP contribution < -0.4 is 0 Å². The van der Waals surface area contributed by atoms with Crippen LogP contribution in [0.15, 0.2) is 40.9 Å². The Morgan fingerprint density at radius 3 is 2.57 bits per heavy atom. The second-order valence-corrected chi connectivity index (χ2v) is 5.53. The van der Waals surface area contributed by atoms with Crippen molar-refractivity contribution in [3.8, 4) is 11.3 Å². The first-order chi connectivity index (χ1) is 10.3. The molecule has 1 aliphatic rings. The zero-order chi connectivity index (χ0) is 14.7. The summed E-state index contributed by atoms with van der Waals surface area (Å²) in [6, 6.07) is 9.80. The third kappa shape index (κ3) is 2.46. The summed E-state index contributed by atoms with van der Waals surface area (Å²) in [6.45, 7) is 0. The Bertz CT molecular complexity index is 612. The summed E-state index contributed by atoms with van der Waals surface area (Å²) < 4.78 is 10.9.